The summed E-state index contributed by atoms with van der Waals surface area (Å²) in [6, 6.07) is 2.87. The van der Waals surface area contributed by atoms with Crippen LogP contribution in [0.1, 0.15) is 72.6 Å². The third kappa shape index (κ3) is 1.85. The third-order valence-corrected chi connectivity index (χ3v) is 10.4. The summed E-state index contributed by atoms with van der Waals surface area (Å²) in [5.74, 6) is 2.66. The maximum Gasteiger partial charge on any atom is 0.311 e. The van der Waals surface area contributed by atoms with Crippen molar-refractivity contribution in [2.24, 2.45) is 51.2 Å². The molecule has 0 aromatic heterocycles. The summed E-state index contributed by atoms with van der Waals surface area (Å²) < 4.78 is 5.30. The van der Waals surface area contributed by atoms with Crippen LogP contribution in [-0.2, 0) is 9.53 Å². The normalized spacial score (nSPS) is 53.4. The van der Waals surface area contributed by atoms with Crippen LogP contribution in [0.25, 0.3) is 0 Å². The van der Waals surface area contributed by atoms with Gasteiger partial charge >= 0.3 is 5.97 Å². The highest BCUT2D eigenvalue weighted by molar-refractivity contribution is 5.77. The number of allylic oxidation sites excluding steroid dienone is 2. The number of rotatable bonds is 2. The van der Waals surface area contributed by atoms with Crippen molar-refractivity contribution in [1.29, 1.82) is 5.26 Å². The monoisotopic (exact) mass is 381 g/mol. The lowest BCUT2D eigenvalue weighted by Crippen LogP contribution is -2.63. The van der Waals surface area contributed by atoms with Crippen LogP contribution in [0, 0.1) is 62.6 Å². The predicted octanol–water partition coefficient (Wildman–Crippen LogP) is 5.51. The van der Waals surface area contributed by atoms with Crippen LogP contribution >= 0.6 is 0 Å². The Bertz CT molecular complexity index is 808. The Hall–Kier alpha value is -1.30. The number of hydrogen-bond donors (Lipinski definition) is 0. The minimum atomic E-state index is -0.368. The second-order valence-corrected chi connectivity index (χ2v) is 11.5. The Morgan fingerprint density at radius 1 is 1.25 bits per heavy atom. The van der Waals surface area contributed by atoms with Gasteiger partial charge in [-0.15, -0.1) is 0 Å². The molecule has 0 saturated heterocycles. The zero-order chi connectivity index (χ0) is 20.1. The topological polar surface area (TPSA) is 50.1 Å². The van der Waals surface area contributed by atoms with Gasteiger partial charge in [0.05, 0.1) is 24.0 Å². The van der Waals surface area contributed by atoms with E-state index in [0.29, 0.717) is 29.6 Å². The molecule has 0 amide bonds. The molecule has 8 atom stereocenters. The largest absolute Gasteiger partial charge is 0.469 e. The molecule has 2 bridgehead atoms. The molecule has 4 saturated carbocycles. The van der Waals surface area contributed by atoms with Gasteiger partial charge in [0.25, 0.3) is 0 Å². The standard InChI is InChI=1S/C25H35NO2/c1-15(2)17-12-24-10-7-19-22(3,8-6-9-23(19,4)21(27)28-5)20(24)11-16(17)18-13-25(18,24)14-26/h12,15-16,18-20H,6-11,13H2,1-5H3/t16-,18+,19+,20+,22-,23+,24-,25-/m0/s1. The zero-order valence-corrected chi connectivity index (χ0v) is 18.2. The van der Waals surface area contributed by atoms with E-state index >= 15 is 0 Å². The SMILES string of the molecule is COC(=O)[C@]1(C)CCC[C@@]2(C)[C@H]1CC[C@]13C=C(C(C)C)[C@H](C[C@H]21)[C@H]1C[C@]13C#N. The molecule has 6 aliphatic carbocycles. The van der Waals surface area contributed by atoms with E-state index in [1.165, 1.54) is 12.8 Å². The van der Waals surface area contributed by atoms with E-state index in [9.17, 15) is 10.1 Å². The first-order valence-electron chi connectivity index (χ1n) is 11.4. The lowest BCUT2D eigenvalue weighted by atomic mass is 9.36. The van der Waals surface area contributed by atoms with Crippen LogP contribution in [0.2, 0.25) is 0 Å². The van der Waals surface area contributed by atoms with Crippen LogP contribution < -0.4 is 0 Å². The van der Waals surface area contributed by atoms with Crippen LogP contribution in [0.3, 0.4) is 0 Å². The van der Waals surface area contributed by atoms with Crippen molar-refractivity contribution in [1.82, 2.24) is 0 Å². The molecule has 0 aromatic carbocycles. The Morgan fingerprint density at radius 2 is 2.00 bits per heavy atom. The Balaban J connectivity index is 1.64. The highest BCUT2D eigenvalue weighted by Crippen LogP contribution is 2.83. The second-order valence-electron chi connectivity index (χ2n) is 11.5. The van der Waals surface area contributed by atoms with Gasteiger partial charge in [0.2, 0.25) is 0 Å². The summed E-state index contributed by atoms with van der Waals surface area (Å²) in [5, 5.41) is 10.3. The van der Waals surface area contributed by atoms with E-state index in [2.05, 4.69) is 39.8 Å². The number of hydrogen-bond acceptors (Lipinski definition) is 3. The minimum absolute atomic E-state index is 0.0157. The van der Waals surface area contributed by atoms with Crippen molar-refractivity contribution in [3.8, 4) is 6.07 Å². The van der Waals surface area contributed by atoms with Gasteiger partial charge in [-0.25, -0.2) is 0 Å². The Morgan fingerprint density at radius 3 is 2.64 bits per heavy atom. The number of fused-ring (bicyclic) bond motifs is 1. The quantitative estimate of drug-likeness (QED) is 0.468. The molecule has 3 nitrogen and oxygen atoms in total. The summed E-state index contributed by atoms with van der Waals surface area (Å²) in [7, 11) is 1.55. The second kappa shape index (κ2) is 5.44. The molecule has 1 spiro atoms. The van der Waals surface area contributed by atoms with E-state index in [1.54, 1.807) is 12.7 Å². The fraction of sp³-hybridized carbons (Fsp3) is 0.840. The molecule has 0 aliphatic heterocycles. The minimum Gasteiger partial charge on any atom is -0.469 e. The van der Waals surface area contributed by atoms with Gasteiger partial charge in [-0.2, -0.15) is 5.26 Å². The number of nitrogens with zero attached hydrogens (tertiary/aromatic N) is 1. The average molecular weight is 382 g/mol. The Labute approximate surface area is 169 Å². The lowest BCUT2D eigenvalue weighted by molar-refractivity contribution is -0.189. The van der Waals surface area contributed by atoms with Crippen molar-refractivity contribution in [3.63, 3.8) is 0 Å². The van der Waals surface area contributed by atoms with Gasteiger partial charge in [0, 0.05) is 5.41 Å². The van der Waals surface area contributed by atoms with Gasteiger partial charge in [-0.3, -0.25) is 4.79 Å². The summed E-state index contributed by atoms with van der Waals surface area (Å²) in [4.78, 5) is 12.9. The first-order chi connectivity index (χ1) is 13.2. The molecule has 0 radical (unpaired) electrons. The molecule has 0 unspecified atom stereocenters. The van der Waals surface area contributed by atoms with E-state index in [1.807, 2.05) is 0 Å². The van der Waals surface area contributed by atoms with Crippen molar-refractivity contribution < 1.29 is 9.53 Å². The maximum absolute atomic E-state index is 12.9. The first kappa shape index (κ1) is 18.7. The van der Waals surface area contributed by atoms with Crippen LogP contribution in [0.4, 0.5) is 0 Å². The van der Waals surface area contributed by atoms with Gasteiger partial charge < -0.3 is 4.74 Å². The number of esters is 1. The highest BCUT2D eigenvalue weighted by Gasteiger charge is 2.79. The van der Waals surface area contributed by atoms with E-state index in [-0.39, 0.29) is 27.6 Å². The van der Waals surface area contributed by atoms with Crippen LogP contribution in [0.5, 0.6) is 0 Å². The molecule has 0 N–H and O–H groups in total. The van der Waals surface area contributed by atoms with Crippen molar-refractivity contribution in [2.45, 2.75) is 72.6 Å². The molecule has 3 heteroatoms. The van der Waals surface area contributed by atoms with Gasteiger partial charge in [-0.1, -0.05) is 38.8 Å². The third-order valence-electron chi connectivity index (χ3n) is 10.4. The smallest absolute Gasteiger partial charge is 0.311 e. The molecule has 6 rings (SSSR count). The molecule has 4 fully saturated rings. The molecule has 0 heterocycles. The number of methoxy groups -OCH3 is 1. The maximum atomic E-state index is 12.9. The van der Waals surface area contributed by atoms with E-state index < -0.39 is 0 Å². The van der Waals surface area contributed by atoms with Crippen molar-refractivity contribution >= 4 is 5.97 Å². The molecule has 28 heavy (non-hydrogen) atoms. The van der Waals surface area contributed by atoms with Crippen molar-refractivity contribution in [3.05, 3.63) is 11.6 Å². The number of nitriles is 1. The fourth-order valence-electron chi connectivity index (χ4n) is 9.24. The number of ether oxygens (including phenoxy) is 1. The summed E-state index contributed by atoms with van der Waals surface area (Å²) in [6.45, 7) is 9.29. The van der Waals surface area contributed by atoms with E-state index in [0.717, 1.165) is 32.1 Å². The summed E-state index contributed by atoms with van der Waals surface area (Å²) >= 11 is 0. The molecular formula is C25H35NO2. The highest BCUT2D eigenvalue weighted by atomic mass is 16.5. The van der Waals surface area contributed by atoms with Crippen LogP contribution in [-0.4, -0.2) is 13.1 Å². The zero-order valence-electron chi connectivity index (χ0n) is 18.2. The lowest BCUT2D eigenvalue weighted by Gasteiger charge is -2.67. The van der Waals surface area contributed by atoms with Gasteiger partial charge in [-0.05, 0) is 80.5 Å². The van der Waals surface area contributed by atoms with Gasteiger partial charge in [0.15, 0.2) is 0 Å². The molecule has 6 aliphatic rings. The number of carbonyl (C=O) groups excluding carboxylic acids is 1. The Kier molecular flexibility index (Phi) is 3.63. The predicted molar refractivity (Wildman–Crippen MR) is 108 cm³/mol. The average Bonchev–Trinajstić information content (AvgIpc) is 3.45. The first-order valence-corrected chi connectivity index (χ1v) is 11.4. The fourth-order valence-corrected chi connectivity index (χ4v) is 9.24. The summed E-state index contributed by atoms with van der Waals surface area (Å²) in [6.07, 6.45) is 10.3. The van der Waals surface area contributed by atoms with E-state index in [4.69, 9.17) is 4.74 Å². The summed E-state index contributed by atoms with van der Waals surface area (Å²) in [5.41, 5.74) is 1.33. The molecule has 0 aromatic rings. The molecule has 152 valence electrons. The molecular weight excluding hydrogens is 346 g/mol. The number of carbonyl (C=O) groups is 1. The van der Waals surface area contributed by atoms with Gasteiger partial charge in [0.1, 0.15) is 0 Å². The van der Waals surface area contributed by atoms with Crippen molar-refractivity contribution in [2.75, 3.05) is 7.11 Å². The van der Waals surface area contributed by atoms with Crippen LogP contribution in [0.15, 0.2) is 11.6 Å².